The number of thiazole rings is 1. The van der Waals surface area contributed by atoms with Gasteiger partial charge in [-0.2, -0.15) is 0 Å². The predicted octanol–water partition coefficient (Wildman–Crippen LogP) is 1.28. The maximum absolute atomic E-state index is 11.4. The smallest absolute Gasteiger partial charge is 0.408 e. The summed E-state index contributed by atoms with van der Waals surface area (Å²) >= 11 is 1.46. The van der Waals surface area contributed by atoms with Crippen molar-refractivity contribution in [1.29, 1.82) is 0 Å². The predicted molar refractivity (Wildman–Crippen MR) is 68.2 cm³/mol. The van der Waals surface area contributed by atoms with Crippen molar-refractivity contribution in [2.24, 2.45) is 0 Å². The van der Waals surface area contributed by atoms with Crippen molar-refractivity contribution in [3.8, 4) is 0 Å². The molecule has 0 bridgehead atoms. The van der Waals surface area contributed by atoms with E-state index < -0.39 is 11.7 Å². The highest BCUT2D eigenvalue weighted by Crippen LogP contribution is 2.06. The molecule has 2 N–H and O–H groups in total. The molecule has 0 aliphatic carbocycles. The molecule has 1 rings (SSSR count). The molecule has 0 aromatic carbocycles. The standard InChI is InChI=1S/C11H17N3O3S/c1-11(2,3)17-10(16)14-6-8(15)13-7-9-12-4-5-18-9/h4-5H,6-7H2,1-3H3,(H,13,15)(H,14,16). The molecule has 7 heteroatoms. The zero-order valence-corrected chi connectivity index (χ0v) is 11.5. The minimum Gasteiger partial charge on any atom is -0.444 e. The van der Waals surface area contributed by atoms with Gasteiger partial charge < -0.3 is 15.4 Å². The lowest BCUT2D eigenvalue weighted by Crippen LogP contribution is -2.39. The van der Waals surface area contributed by atoms with E-state index in [0.29, 0.717) is 6.54 Å². The third-order valence-corrected chi connectivity index (χ3v) is 2.49. The van der Waals surface area contributed by atoms with Crippen LogP contribution < -0.4 is 10.6 Å². The Labute approximate surface area is 110 Å². The van der Waals surface area contributed by atoms with E-state index in [1.807, 2.05) is 5.38 Å². The van der Waals surface area contributed by atoms with E-state index in [0.717, 1.165) is 5.01 Å². The first-order valence-electron chi connectivity index (χ1n) is 5.49. The Morgan fingerprint density at radius 3 is 2.67 bits per heavy atom. The lowest BCUT2D eigenvalue weighted by molar-refractivity contribution is -0.120. The van der Waals surface area contributed by atoms with Gasteiger partial charge in [-0.25, -0.2) is 9.78 Å². The molecule has 1 aromatic rings. The van der Waals surface area contributed by atoms with Gasteiger partial charge in [0.2, 0.25) is 5.91 Å². The minimum absolute atomic E-state index is 0.111. The van der Waals surface area contributed by atoms with Crippen molar-refractivity contribution in [2.75, 3.05) is 6.54 Å². The summed E-state index contributed by atoms with van der Waals surface area (Å²) in [6.45, 7) is 5.53. The molecule has 0 saturated carbocycles. The van der Waals surface area contributed by atoms with Crippen LogP contribution in [-0.2, 0) is 16.1 Å². The van der Waals surface area contributed by atoms with Crippen LogP contribution in [0.1, 0.15) is 25.8 Å². The molecule has 100 valence electrons. The molecular formula is C11H17N3O3S. The third-order valence-electron chi connectivity index (χ3n) is 1.71. The fourth-order valence-electron chi connectivity index (χ4n) is 1.04. The largest absolute Gasteiger partial charge is 0.444 e. The van der Waals surface area contributed by atoms with Crippen LogP contribution in [0.25, 0.3) is 0 Å². The van der Waals surface area contributed by atoms with Gasteiger partial charge in [0, 0.05) is 11.6 Å². The van der Waals surface area contributed by atoms with Crippen LogP contribution >= 0.6 is 11.3 Å². The quantitative estimate of drug-likeness (QED) is 0.864. The van der Waals surface area contributed by atoms with Crippen LogP contribution in [0.4, 0.5) is 4.79 Å². The highest BCUT2D eigenvalue weighted by atomic mass is 32.1. The number of rotatable bonds is 4. The molecule has 0 saturated heterocycles. The van der Waals surface area contributed by atoms with Crippen molar-refractivity contribution >= 4 is 23.3 Å². The summed E-state index contributed by atoms with van der Waals surface area (Å²) in [6.07, 6.45) is 1.07. The molecule has 0 aliphatic heterocycles. The second-order valence-corrected chi connectivity index (χ2v) is 5.54. The molecule has 0 unspecified atom stereocenters. The van der Waals surface area contributed by atoms with Crippen LogP contribution in [0.2, 0.25) is 0 Å². The zero-order chi connectivity index (χ0) is 13.6. The lowest BCUT2D eigenvalue weighted by Gasteiger charge is -2.19. The number of carbonyl (C=O) groups is 2. The maximum Gasteiger partial charge on any atom is 0.408 e. The van der Waals surface area contributed by atoms with Crippen LogP contribution in [0.15, 0.2) is 11.6 Å². The average Bonchev–Trinajstić information content (AvgIpc) is 2.74. The summed E-state index contributed by atoms with van der Waals surface area (Å²) in [4.78, 5) is 26.7. The Balaban J connectivity index is 2.19. The molecule has 2 amide bonds. The van der Waals surface area contributed by atoms with Crippen molar-refractivity contribution in [3.63, 3.8) is 0 Å². The highest BCUT2D eigenvalue weighted by molar-refractivity contribution is 7.09. The first-order valence-corrected chi connectivity index (χ1v) is 6.37. The molecule has 1 aromatic heterocycles. The SMILES string of the molecule is CC(C)(C)OC(=O)NCC(=O)NCc1nccs1. The maximum atomic E-state index is 11.4. The number of nitrogens with zero attached hydrogens (tertiary/aromatic N) is 1. The molecule has 0 atom stereocenters. The summed E-state index contributed by atoms with van der Waals surface area (Å²) in [6, 6.07) is 0. The molecule has 18 heavy (non-hydrogen) atoms. The van der Waals surface area contributed by atoms with Gasteiger partial charge in [0.1, 0.15) is 17.2 Å². The average molecular weight is 271 g/mol. The number of hydrogen-bond donors (Lipinski definition) is 2. The van der Waals surface area contributed by atoms with Gasteiger partial charge in [0.05, 0.1) is 6.54 Å². The van der Waals surface area contributed by atoms with Gasteiger partial charge >= 0.3 is 6.09 Å². The molecular weight excluding hydrogens is 254 g/mol. The van der Waals surface area contributed by atoms with E-state index in [4.69, 9.17) is 4.74 Å². The fourth-order valence-corrected chi connectivity index (χ4v) is 1.60. The van der Waals surface area contributed by atoms with Crippen LogP contribution in [0.3, 0.4) is 0 Å². The summed E-state index contributed by atoms with van der Waals surface area (Å²) in [5.74, 6) is -0.281. The van der Waals surface area contributed by atoms with E-state index in [2.05, 4.69) is 15.6 Å². The van der Waals surface area contributed by atoms with Gasteiger partial charge in [-0.3, -0.25) is 4.79 Å². The summed E-state index contributed by atoms with van der Waals surface area (Å²) in [5.41, 5.74) is -0.568. The van der Waals surface area contributed by atoms with Crippen molar-refractivity contribution in [1.82, 2.24) is 15.6 Å². The molecule has 6 nitrogen and oxygen atoms in total. The summed E-state index contributed by atoms with van der Waals surface area (Å²) in [7, 11) is 0. The van der Waals surface area contributed by atoms with Gasteiger partial charge in [0.25, 0.3) is 0 Å². The van der Waals surface area contributed by atoms with E-state index in [1.165, 1.54) is 11.3 Å². The summed E-state index contributed by atoms with van der Waals surface area (Å²) in [5, 5.41) is 7.67. The second-order valence-electron chi connectivity index (χ2n) is 4.56. The zero-order valence-electron chi connectivity index (χ0n) is 10.6. The normalized spacial score (nSPS) is 10.8. The number of carbonyl (C=O) groups excluding carboxylic acids is 2. The number of alkyl carbamates (subject to hydrolysis) is 1. The summed E-state index contributed by atoms with van der Waals surface area (Å²) < 4.78 is 5.00. The van der Waals surface area contributed by atoms with E-state index >= 15 is 0 Å². The molecule has 0 aliphatic rings. The van der Waals surface area contributed by atoms with E-state index in [9.17, 15) is 9.59 Å². The molecule has 0 spiro atoms. The molecule has 0 radical (unpaired) electrons. The van der Waals surface area contributed by atoms with Crippen molar-refractivity contribution in [2.45, 2.75) is 32.9 Å². The molecule has 0 fully saturated rings. The topological polar surface area (TPSA) is 80.3 Å². The van der Waals surface area contributed by atoms with Gasteiger partial charge in [-0.05, 0) is 20.8 Å². The first kappa shape index (κ1) is 14.4. The Morgan fingerprint density at radius 2 is 2.11 bits per heavy atom. The van der Waals surface area contributed by atoms with Crippen molar-refractivity contribution < 1.29 is 14.3 Å². The van der Waals surface area contributed by atoms with Crippen molar-refractivity contribution in [3.05, 3.63) is 16.6 Å². The highest BCUT2D eigenvalue weighted by Gasteiger charge is 2.16. The Morgan fingerprint density at radius 1 is 1.39 bits per heavy atom. The van der Waals surface area contributed by atoms with Gasteiger partial charge in [-0.15, -0.1) is 11.3 Å². The second kappa shape index (κ2) is 6.34. The minimum atomic E-state index is -0.605. The molecule has 1 heterocycles. The first-order chi connectivity index (χ1) is 8.37. The number of nitrogens with one attached hydrogen (secondary N) is 2. The van der Waals surface area contributed by atoms with Gasteiger partial charge in [0.15, 0.2) is 0 Å². The number of ether oxygens (including phenoxy) is 1. The van der Waals surface area contributed by atoms with Crippen LogP contribution in [0, 0.1) is 0 Å². The number of amides is 2. The lowest BCUT2D eigenvalue weighted by atomic mass is 10.2. The Kier molecular flexibility index (Phi) is 5.08. The van der Waals surface area contributed by atoms with E-state index in [-0.39, 0.29) is 12.5 Å². The van der Waals surface area contributed by atoms with E-state index in [1.54, 1.807) is 27.0 Å². The monoisotopic (exact) mass is 271 g/mol. The number of hydrogen-bond acceptors (Lipinski definition) is 5. The van der Waals surface area contributed by atoms with Gasteiger partial charge in [-0.1, -0.05) is 0 Å². The Bertz CT molecular complexity index is 398. The fraction of sp³-hybridized carbons (Fsp3) is 0.545. The third kappa shape index (κ3) is 6.19. The Hall–Kier alpha value is -1.63. The number of aromatic nitrogens is 1. The van der Waals surface area contributed by atoms with Crippen LogP contribution in [-0.4, -0.2) is 29.1 Å². The van der Waals surface area contributed by atoms with Crippen LogP contribution in [0.5, 0.6) is 0 Å².